The summed E-state index contributed by atoms with van der Waals surface area (Å²) in [5, 5.41) is 0. The molecule has 5 heteroatoms. The second kappa shape index (κ2) is 6.59. The lowest BCUT2D eigenvalue weighted by Crippen LogP contribution is -1.99. The number of fused-ring (bicyclic) bond motifs is 1. The Bertz CT molecular complexity index is 844. The van der Waals surface area contributed by atoms with Crippen molar-refractivity contribution in [2.75, 3.05) is 12.5 Å². The van der Waals surface area contributed by atoms with Crippen LogP contribution in [0.5, 0.6) is 5.75 Å². The Morgan fingerprint density at radius 1 is 1.22 bits per heavy atom. The predicted molar refractivity (Wildman–Crippen MR) is 91.8 cm³/mol. The van der Waals surface area contributed by atoms with E-state index in [4.69, 9.17) is 16.3 Å². The van der Waals surface area contributed by atoms with Gasteiger partial charge in [-0.15, -0.1) is 11.6 Å². The summed E-state index contributed by atoms with van der Waals surface area (Å²) in [5.74, 6) is 1.92. The number of imidazole rings is 1. The zero-order valence-corrected chi connectivity index (χ0v) is 13.9. The lowest BCUT2D eigenvalue weighted by atomic mass is 10.1. The van der Waals surface area contributed by atoms with E-state index in [1.54, 1.807) is 13.0 Å². The van der Waals surface area contributed by atoms with Crippen molar-refractivity contribution in [3.05, 3.63) is 47.3 Å². The van der Waals surface area contributed by atoms with Gasteiger partial charge < -0.3 is 9.72 Å². The molecule has 0 radical (unpaired) electrons. The van der Waals surface area contributed by atoms with E-state index in [2.05, 4.69) is 9.97 Å². The molecule has 3 aromatic rings. The first kappa shape index (κ1) is 15.8. The maximum Gasteiger partial charge on any atom is 0.138 e. The van der Waals surface area contributed by atoms with Crippen molar-refractivity contribution < 1.29 is 9.13 Å². The van der Waals surface area contributed by atoms with Crippen molar-refractivity contribution in [3.8, 4) is 17.1 Å². The Hall–Kier alpha value is -2.07. The monoisotopic (exact) mass is 332 g/mol. The van der Waals surface area contributed by atoms with Crippen molar-refractivity contribution in [2.45, 2.75) is 20.3 Å². The molecule has 0 aliphatic heterocycles. The topological polar surface area (TPSA) is 37.9 Å². The van der Waals surface area contributed by atoms with Crippen molar-refractivity contribution in [1.82, 2.24) is 9.97 Å². The third-order valence-corrected chi connectivity index (χ3v) is 4.09. The molecule has 1 aromatic heterocycles. The van der Waals surface area contributed by atoms with E-state index in [1.807, 2.05) is 25.1 Å². The van der Waals surface area contributed by atoms with Gasteiger partial charge >= 0.3 is 0 Å². The second-order valence-electron chi connectivity index (χ2n) is 5.53. The first-order valence-corrected chi connectivity index (χ1v) is 8.08. The Balaban J connectivity index is 1.93. The normalized spacial score (nSPS) is 11.1. The fourth-order valence-electron chi connectivity index (χ4n) is 2.52. The van der Waals surface area contributed by atoms with E-state index >= 15 is 0 Å². The highest BCUT2D eigenvalue weighted by molar-refractivity contribution is 6.17. The van der Waals surface area contributed by atoms with Crippen LogP contribution < -0.4 is 4.74 Å². The van der Waals surface area contributed by atoms with Gasteiger partial charge in [0.2, 0.25) is 0 Å². The van der Waals surface area contributed by atoms with Crippen LogP contribution in [0.3, 0.4) is 0 Å². The lowest BCUT2D eigenvalue weighted by Gasteiger charge is -2.09. The Morgan fingerprint density at radius 2 is 2.04 bits per heavy atom. The van der Waals surface area contributed by atoms with Crippen LogP contribution in [0.15, 0.2) is 30.3 Å². The molecule has 0 atom stereocenters. The summed E-state index contributed by atoms with van der Waals surface area (Å²) in [5.41, 5.74) is 4.03. The highest BCUT2D eigenvalue weighted by atomic mass is 35.5. The first-order chi connectivity index (χ1) is 11.1. The molecule has 120 valence electrons. The number of rotatable bonds is 5. The first-order valence-electron chi connectivity index (χ1n) is 7.54. The van der Waals surface area contributed by atoms with Crippen LogP contribution in [-0.4, -0.2) is 22.5 Å². The van der Waals surface area contributed by atoms with Crippen LogP contribution in [0, 0.1) is 19.7 Å². The van der Waals surface area contributed by atoms with Gasteiger partial charge in [-0.1, -0.05) is 0 Å². The zero-order chi connectivity index (χ0) is 16.4. The van der Waals surface area contributed by atoms with Gasteiger partial charge in [-0.05, 0) is 56.2 Å². The van der Waals surface area contributed by atoms with Crippen LogP contribution in [0.4, 0.5) is 4.39 Å². The standard InChI is InChI=1S/C18H18ClFN2O/c1-11-10-13(4-7-16(11)23-9-3-8-19)18-21-15-6-5-14(20)12(2)17(15)22-18/h4-7,10H,3,8-9H2,1-2H3,(H,21,22). The number of aromatic nitrogens is 2. The minimum absolute atomic E-state index is 0.241. The summed E-state index contributed by atoms with van der Waals surface area (Å²) in [6.45, 7) is 4.33. The van der Waals surface area contributed by atoms with Crippen molar-refractivity contribution in [2.24, 2.45) is 0 Å². The molecule has 3 nitrogen and oxygen atoms in total. The van der Waals surface area contributed by atoms with Gasteiger partial charge in [-0.2, -0.15) is 0 Å². The average molecular weight is 333 g/mol. The summed E-state index contributed by atoms with van der Waals surface area (Å²) in [4.78, 5) is 7.78. The second-order valence-corrected chi connectivity index (χ2v) is 5.90. The van der Waals surface area contributed by atoms with Gasteiger partial charge in [0.05, 0.1) is 17.6 Å². The summed E-state index contributed by atoms with van der Waals surface area (Å²) in [6.07, 6.45) is 0.817. The molecule has 0 aliphatic carbocycles. The third kappa shape index (κ3) is 3.17. The predicted octanol–water partition coefficient (Wildman–Crippen LogP) is 4.99. The fraction of sp³-hybridized carbons (Fsp3) is 0.278. The number of hydrogen-bond donors (Lipinski definition) is 1. The molecule has 1 N–H and O–H groups in total. The van der Waals surface area contributed by atoms with Gasteiger partial charge in [0.25, 0.3) is 0 Å². The quantitative estimate of drug-likeness (QED) is 0.527. The summed E-state index contributed by atoms with van der Waals surface area (Å²) >= 11 is 5.66. The third-order valence-electron chi connectivity index (χ3n) is 3.83. The lowest BCUT2D eigenvalue weighted by molar-refractivity contribution is 0.316. The average Bonchev–Trinajstić information content (AvgIpc) is 2.98. The van der Waals surface area contributed by atoms with Gasteiger partial charge in [-0.25, -0.2) is 9.37 Å². The van der Waals surface area contributed by atoms with Crippen LogP contribution >= 0.6 is 11.6 Å². The van der Waals surface area contributed by atoms with Crippen LogP contribution in [0.2, 0.25) is 0 Å². The molecule has 3 rings (SSSR count). The molecule has 0 aliphatic rings. The fourth-order valence-corrected chi connectivity index (χ4v) is 2.63. The van der Waals surface area contributed by atoms with Crippen LogP contribution in [-0.2, 0) is 0 Å². The van der Waals surface area contributed by atoms with Crippen molar-refractivity contribution in [1.29, 1.82) is 0 Å². The molecule has 0 amide bonds. The highest BCUT2D eigenvalue weighted by Gasteiger charge is 2.11. The Labute approximate surface area is 139 Å². The molecule has 1 heterocycles. The van der Waals surface area contributed by atoms with E-state index in [-0.39, 0.29) is 5.82 Å². The number of ether oxygens (including phenoxy) is 1. The molecule has 0 bridgehead atoms. The Kier molecular flexibility index (Phi) is 4.53. The molecule has 0 fully saturated rings. The highest BCUT2D eigenvalue weighted by Crippen LogP contribution is 2.27. The number of hydrogen-bond acceptors (Lipinski definition) is 2. The Morgan fingerprint density at radius 3 is 2.78 bits per heavy atom. The SMILES string of the molecule is Cc1cc(-c2nc3c(C)c(F)ccc3[nH]2)ccc1OCCCCl. The molecule has 23 heavy (non-hydrogen) atoms. The largest absolute Gasteiger partial charge is 0.493 e. The number of nitrogens with one attached hydrogen (secondary N) is 1. The number of aromatic amines is 1. The van der Waals surface area contributed by atoms with E-state index in [0.29, 0.717) is 23.6 Å². The van der Waals surface area contributed by atoms with E-state index in [9.17, 15) is 4.39 Å². The number of aryl methyl sites for hydroxylation is 2. The molecule has 2 aromatic carbocycles. The van der Waals surface area contributed by atoms with Gasteiger partial charge in [-0.3, -0.25) is 0 Å². The van der Waals surface area contributed by atoms with E-state index < -0.39 is 0 Å². The van der Waals surface area contributed by atoms with Crippen LogP contribution in [0.25, 0.3) is 22.4 Å². The molecule has 0 spiro atoms. The minimum atomic E-state index is -0.241. The maximum absolute atomic E-state index is 13.6. The van der Waals surface area contributed by atoms with Crippen LogP contribution in [0.1, 0.15) is 17.5 Å². The molecule has 0 saturated heterocycles. The van der Waals surface area contributed by atoms with Gasteiger partial charge in [0.1, 0.15) is 17.4 Å². The minimum Gasteiger partial charge on any atom is -0.493 e. The van der Waals surface area contributed by atoms with Gasteiger partial charge in [0.15, 0.2) is 0 Å². The molecular weight excluding hydrogens is 315 g/mol. The molecule has 0 unspecified atom stereocenters. The van der Waals surface area contributed by atoms with E-state index in [0.717, 1.165) is 34.6 Å². The van der Waals surface area contributed by atoms with Crippen molar-refractivity contribution in [3.63, 3.8) is 0 Å². The number of benzene rings is 2. The van der Waals surface area contributed by atoms with Crippen molar-refractivity contribution >= 4 is 22.6 Å². The molecular formula is C18H18ClFN2O. The summed E-state index contributed by atoms with van der Waals surface area (Å²) < 4.78 is 19.3. The number of halogens is 2. The zero-order valence-electron chi connectivity index (χ0n) is 13.1. The molecule has 0 saturated carbocycles. The van der Waals surface area contributed by atoms with Gasteiger partial charge in [0, 0.05) is 17.0 Å². The number of H-pyrrole nitrogens is 1. The maximum atomic E-state index is 13.6. The smallest absolute Gasteiger partial charge is 0.138 e. The van der Waals surface area contributed by atoms with E-state index in [1.165, 1.54) is 6.07 Å². The number of alkyl halides is 1. The summed E-state index contributed by atoms with van der Waals surface area (Å²) in [7, 11) is 0. The summed E-state index contributed by atoms with van der Waals surface area (Å²) in [6, 6.07) is 9.06. The number of nitrogens with zero attached hydrogens (tertiary/aromatic N) is 1.